The summed E-state index contributed by atoms with van der Waals surface area (Å²) in [4.78, 5) is 8.55. The van der Waals surface area contributed by atoms with E-state index in [4.69, 9.17) is 25.5 Å². The third-order valence-corrected chi connectivity index (χ3v) is 3.50. The summed E-state index contributed by atoms with van der Waals surface area (Å²) >= 11 is 6.05. The van der Waals surface area contributed by atoms with E-state index in [9.17, 15) is 0 Å². The molecular weight excluding hydrogens is 330 g/mol. The molecule has 126 valence electrons. The number of hydrogen-bond donors (Lipinski definition) is 1. The van der Waals surface area contributed by atoms with E-state index >= 15 is 0 Å². The minimum Gasteiger partial charge on any atom is -0.493 e. The first kappa shape index (κ1) is 16.4. The minimum atomic E-state index is 0.0177. The monoisotopic (exact) mass is 347 g/mol. The Labute approximate surface area is 144 Å². The van der Waals surface area contributed by atoms with Crippen molar-refractivity contribution in [1.82, 2.24) is 9.97 Å². The Hall–Kier alpha value is -2.47. The third kappa shape index (κ3) is 3.54. The van der Waals surface area contributed by atoms with Gasteiger partial charge in [0.25, 0.3) is 0 Å². The van der Waals surface area contributed by atoms with Crippen molar-refractivity contribution in [2.75, 3.05) is 12.4 Å². The number of nitrogens with zero attached hydrogens (tertiary/aromatic N) is 2. The quantitative estimate of drug-likeness (QED) is 0.671. The summed E-state index contributed by atoms with van der Waals surface area (Å²) in [6, 6.07) is 7.36. The van der Waals surface area contributed by atoms with Crippen LogP contribution in [0.3, 0.4) is 0 Å². The largest absolute Gasteiger partial charge is 0.493 e. The highest BCUT2D eigenvalue weighted by molar-refractivity contribution is 6.28. The van der Waals surface area contributed by atoms with E-state index < -0.39 is 0 Å². The molecule has 0 aliphatic rings. The molecule has 0 fully saturated rings. The first-order valence-electron chi connectivity index (χ1n) is 7.55. The third-order valence-electron chi connectivity index (χ3n) is 3.33. The average Bonchev–Trinajstić information content (AvgIpc) is 3.05. The second kappa shape index (κ2) is 6.97. The Morgan fingerprint density at radius 2 is 2.08 bits per heavy atom. The Morgan fingerprint density at radius 1 is 1.25 bits per heavy atom. The van der Waals surface area contributed by atoms with Gasteiger partial charge in [0.1, 0.15) is 11.6 Å². The molecule has 0 spiro atoms. The Morgan fingerprint density at radius 3 is 2.75 bits per heavy atom. The van der Waals surface area contributed by atoms with E-state index in [0.29, 0.717) is 29.4 Å². The maximum atomic E-state index is 6.05. The molecule has 2 aromatic heterocycles. The van der Waals surface area contributed by atoms with Crippen LogP contribution in [0.4, 0.5) is 5.82 Å². The molecule has 2 heterocycles. The van der Waals surface area contributed by atoms with E-state index in [1.165, 1.54) is 0 Å². The van der Waals surface area contributed by atoms with Crippen LogP contribution in [0, 0.1) is 0 Å². The van der Waals surface area contributed by atoms with Gasteiger partial charge in [0.15, 0.2) is 11.5 Å². The van der Waals surface area contributed by atoms with Gasteiger partial charge in [-0.1, -0.05) is 0 Å². The molecule has 0 radical (unpaired) electrons. The van der Waals surface area contributed by atoms with E-state index in [1.807, 2.05) is 32.0 Å². The number of rotatable bonds is 6. The number of hydrogen-bond acceptors (Lipinski definition) is 6. The SMILES string of the molecule is COc1cc2nc(Cl)nc(NCc3ccco3)c2cc1OC(C)C. The first-order chi connectivity index (χ1) is 11.6. The van der Waals surface area contributed by atoms with E-state index in [-0.39, 0.29) is 11.4 Å². The lowest BCUT2D eigenvalue weighted by Crippen LogP contribution is -2.07. The summed E-state index contributed by atoms with van der Waals surface area (Å²) in [5.74, 6) is 2.64. The Bertz CT molecular complexity index is 835. The number of nitrogens with one attached hydrogen (secondary N) is 1. The molecule has 3 aromatic rings. The van der Waals surface area contributed by atoms with E-state index in [0.717, 1.165) is 11.1 Å². The molecule has 1 aromatic carbocycles. The van der Waals surface area contributed by atoms with E-state index in [2.05, 4.69) is 15.3 Å². The molecule has 0 aliphatic heterocycles. The standard InChI is InChI=1S/C17H18ClN3O3/c1-10(2)24-15-7-12-13(8-14(15)22-3)20-17(18)21-16(12)19-9-11-5-4-6-23-11/h4-8,10H,9H2,1-3H3,(H,19,20,21). The molecule has 3 rings (SSSR count). The lowest BCUT2D eigenvalue weighted by Gasteiger charge is -2.15. The summed E-state index contributed by atoms with van der Waals surface area (Å²) in [6.07, 6.45) is 1.64. The van der Waals surface area contributed by atoms with Gasteiger partial charge in [-0.15, -0.1) is 0 Å². The number of methoxy groups -OCH3 is 1. The maximum Gasteiger partial charge on any atom is 0.224 e. The summed E-state index contributed by atoms with van der Waals surface area (Å²) in [5, 5.41) is 4.17. The van der Waals surface area contributed by atoms with Gasteiger partial charge in [-0.3, -0.25) is 0 Å². The van der Waals surface area contributed by atoms with Crippen LogP contribution in [0.2, 0.25) is 5.28 Å². The molecule has 0 unspecified atom stereocenters. The normalized spacial score (nSPS) is 11.0. The van der Waals surface area contributed by atoms with Gasteiger partial charge in [0.2, 0.25) is 5.28 Å². The summed E-state index contributed by atoms with van der Waals surface area (Å²) < 4.78 is 16.5. The Balaban J connectivity index is 2.03. The predicted octanol–water partition coefficient (Wildman–Crippen LogP) is 4.28. The van der Waals surface area contributed by atoms with Crippen LogP contribution in [0.1, 0.15) is 19.6 Å². The van der Waals surface area contributed by atoms with Gasteiger partial charge in [-0.05, 0) is 43.6 Å². The molecule has 6 nitrogen and oxygen atoms in total. The van der Waals surface area contributed by atoms with Crippen LogP contribution in [-0.4, -0.2) is 23.2 Å². The highest BCUT2D eigenvalue weighted by Gasteiger charge is 2.14. The Kier molecular flexibility index (Phi) is 4.76. The fraction of sp³-hybridized carbons (Fsp3) is 0.294. The molecule has 0 amide bonds. The number of halogens is 1. The van der Waals surface area contributed by atoms with Crippen LogP contribution < -0.4 is 14.8 Å². The van der Waals surface area contributed by atoms with Crippen molar-refractivity contribution < 1.29 is 13.9 Å². The number of furan rings is 1. The summed E-state index contributed by atoms with van der Waals surface area (Å²) in [6.45, 7) is 4.40. The van der Waals surface area contributed by atoms with Crippen molar-refractivity contribution in [1.29, 1.82) is 0 Å². The molecule has 0 saturated heterocycles. The molecule has 7 heteroatoms. The summed E-state index contributed by atoms with van der Waals surface area (Å²) in [5.41, 5.74) is 0.671. The number of benzene rings is 1. The maximum absolute atomic E-state index is 6.05. The van der Waals surface area contributed by atoms with Gasteiger partial charge in [0, 0.05) is 11.5 Å². The number of anilines is 1. The zero-order chi connectivity index (χ0) is 17.1. The lowest BCUT2D eigenvalue weighted by molar-refractivity contribution is 0.230. The van der Waals surface area contributed by atoms with E-state index in [1.54, 1.807) is 19.4 Å². The average molecular weight is 348 g/mol. The van der Waals surface area contributed by atoms with Gasteiger partial charge in [-0.2, -0.15) is 0 Å². The van der Waals surface area contributed by atoms with Gasteiger partial charge < -0.3 is 19.2 Å². The first-order valence-corrected chi connectivity index (χ1v) is 7.93. The van der Waals surface area contributed by atoms with Crippen molar-refractivity contribution in [3.8, 4) is 11.5 Å². The molecule has 0 saturated carbocycles. The van der Waals surface area contributed by atoms with Crippen LogP contribution in [0.25, 0.3) is 10.9 Å². The minimum absolute atomic E-state index is 0.0177. The van der Waals surface area contributed by atoms with Gasteiger partial charge >= 0.3 is 0 Å². The van der Waals surface area contributed by atoms with Gasteiger partial charge in [0.05, 0.1) is 31.5 Å². The molecule has 0 aliphatic carbocycles. The number of fused-ring (bicyclic) bond motifs is 1. The second-order valence-corrected chi connectivity index (χ2v) is 5.80. The molecular formula is C17H18ClN3O3. The molecule has 0 atom stereocenters. The molecule has 24 heavy (non-hydrogen) atoms. The zero-order valence-electron chi connectivity index (χ0n) is 13.7. The highest BCUT2D eigenvalue weighted by atomic mass is 35.5. The summed E-state index contributed by atoms with van der Waals surface area (Å²) in [7, 11) is 1.59. The highest BCUT2D eigenvalue weighted by Crippen LogP contribution is 2.35. The van der Waals surface area contributed by atoms with Crippen molar-refractivity contribution in [3.05, 3.63) is 41.6 Å². The fourth-order valence-electron chi connectivity index (χ4n) is 2.33. The number of aromatic nitrogens is 2. The van der Waals surface area contributed by atoms with Crippen LogP contribution in [0.5, 0.6) is 11.5 Å². The van der Waals surface area contributed by atoms with Crippen molar-refractivity contribution in [2.24, 2.45) is 0 Å². The molecule has 1 N–H and O–H groups in total. The topological polar surface area (TPSA) is 69.4 Å². The van der Waals surface area contributed by atoms with Gasteiger partial charge in [-0.25, -0.2) is 9.97 Å². The smallest absolute Gasteiger partial charge is 0.224 e. The fourth-order valence-corrected chi connectivity index (χ4v) is 2.51. The molecule has 0 bridgehead atoms. The number of ether oxygens (including phenoxy) is 2. The van der Waals surface area contributed by atoms with Crippen molar-refractivity contribution in [3.63, 3.8) is 0 Å². The zero-order valence-corrected chi connectivity index (χ0v) is 14.4. The van der Waals surface area contributed by atoms with Crippen LogP contribution >= 0.6 is 11.6 Å². The van der Waals surface area contributed by atoms with Crippen molar-refractivity contribution in [2.45, 2.75) is 26.5 Å². The van der Waals surface area contributed by atoms with Crippen LogP contribution in [-0.2, 0) is 6.54 Å². The van der Waals surface area contributed by atoms with Crippen molar-refractivity contribution >= 4 is 28.3 Å². The predicted molar refractivity (Wildman–Crippen MR) is 92.9 cm³/mol. The second-order valence-electron chi connectivity index (χ2n) is 5.46. The lowest BCUT2D eigenvalue weighted by atomic mass is 10.2. The van der Waals surface area contributed by atoms with Crippen LogP contribution in [0.15, 0.2) is 34.9 Å².